The highest BCUT2D eigenvalue weighted by molar-refractivity contribution is 7.10. The number of aliphatic hydroxyl groups is 1. The standard InChI is InChI=1S/C20H22N2O4S/c1-25-17-6-4-15(5-7-17)8-10-21-19(23)22-14-20(24,16-9-11-26-13-16)18-3-2-12-27-18/h2-7,9,11-13,24H,8,10,14H2,1H3,(H2,21,22,23)/t20-/m0/s1. The van der Waals surface area contributed by atoms with E-state index < -0.39 is 5.60 Å². The third-order valence-electron chi connectivity index (χ3n) is 4.29. The van der Waals surface area contributed by atoms with Gasteiger partial charge in [0.25, 0.3) is 0 Å². The molecular formula is C20H22N2O4S. The predicted molar refractivity (Wildman–Crippen MR) is 104 cm³/mol. The van der Waals surface area contributed by atoms with Crippen molar-refractivity contribution in [3.05, 3.63) is 76.4 Å². The van der Waals surface area contributed by atoms with Crippen LogP contribution in [0.1, 0.15) is 16.0 Å². The number of nitrogens with one attached hydrogen (secondary N) is 2. The predicted octanol–water partition coefficient (Wildman–Crippen LogP) is 3.13. The number of ether oxygens (including phenoxy) is 1. The zero-order valence-electron chi connectivity index (χ0n) is 15.0. The van der Waals surface area contributed by atoms with Crippen molar-refractivity contribution >= 4 is 17.4 Å². The Bertz CT molecular complexity index is 795. The number of urea groups is 1. The van der Waals surface area contributed by atoms with Crippen LogP contribution in [0.25, 0.3) is 0 Å². The summed E-state index contributed by atoms with van der Waals surface area (Å²) in [5, 5.41) is 18.6. The van der Waals surface area contributed by atoms with Crippen molar-refractivity contribution in [1.82, 2.24) is 10.6 Å². The SMILES string of the molecule is COc1ccc(CCNC(=O)NC[C@](O)(c2ccoc2)c2cccs2)cc1. The number of furan rings is 1. The topological polar surface area (TPSA) is 83.7 Å². The van der Waals surface area contributed by atoms with Gasteiger partial charge in [-0.05, 0) is 41.6 Å². The van der Waals surface area contributed by atoms with Crippen LogP contribution in [0.4, 0.5) is 4.79 Å². The van der Waals surface area contributed by atoms with E-state index in [4.69, 9.17) is 9.15 Å². The molecule has 0 aliphatic carbocycles. The number of benzene rings is 1. The summed E-state index contributed by atoms with van der Waals surface area (Å²) in [6.45, 7) is 0.530. The normalized spacial score (nSPS) is 13.0. The van der Waals surface area contributed by atoms with Gasteiger partial charge < -0.3 is 24.9 Å². The molecule has 6 nitrogen and oxygen atoms in total. The van der Waals surface area contributed by atoms with E-state index in [-0.39, 0.29) is 12.6 Å². The average Bonchev–Trinajstić information content (AvgIpc) is 3.41. The van der Waals surface area contributed by atoms with E-state index in [1.807, 2.05) is 41.8 Å². The Morgan fingerprint density at radius 2 is 2.04 bits per heavy atom. The van der Waals surface area contributed by atoms with Crippen molar-refractivity contribution < 1.29 is 19.1 Å². The van der Waals surface area contributed by atoms with Crippen LogP contribution < -0.4 is 15.4 Å². The summed E-state index contributed by atoms with van der Waals surface area (Å²) in [5.74, 6) is 0.802. The Kier molecular flexibility index (Phi) is 6.16. The summed E-state index contributed by atoms with van der Waals surface area (Å²) in [6, 6.07) is 12.8. The highest BCUT2D eigenvalue weighted by atomic mass is 32.1. The van der Waals surface area contributed by atoms with E-state index in [1.54, 1.807) is 13.2 Å². The number of hydrogen-bond donors (Lipinski definition) is 3. The summed E-state index contributed by atoms with van der Waals surface area (Å²) in [4.78, 5) is 12.9. The molecule has 1 aromatic carbocycles. The molecule has 0 unspecified atom stereocenters. The van der Waals surface area contributed by atoms with Crippen molar-refractivity contribution in [3.63, 3.8) is 0 Å². The first-order chi connectivity index (χ1) is 13.1. The summed E-state index contributed by atoms with van der Waals surface area (Å²) < 4.78 is 10.2. The van der Waals surface area contributed by atoms with Crippen LogP contribution in [-0.2, 0) is 12.0 Å². The lowest BCUT2D eigenvalue weighted by Gasteiger charge is -2.26. The fraction of sp³-hybridized carbons (Fsp3) is 0.250. The summed E-state index contributed by atoms with van der Waals surface area (Å²) in [7, 11) is 1.63. The van der Waals surface area contributed by atoms with Crippen LogP contribution in [0, 0.1) is 0 Å². The van der Waals surface area contributed by atoms with Crippen LogP contribution in [0.2, 0.25) is 0 Å². The molecule has 1 atom stereocenters. The van der Waals surface area contributed by atoms with Gasteiger partial charge in [-0.25, -0.2) is 4.79 Å². The first-order valence-electron chi connectivity index (χ1n) is 8.55. The van der Waals surface area contributed by atoms with Crippen LogP contribution >= 0.6 is 11.3 Å². The van der Waals surface area contributed by atoms with Gasteiger partial charge >= 0.3 is 6.03 Å². The van der Waals surface area contributed by atoms with Gasteiger partial charge in [0.05, 0.1) is 26.2 Å². The van der Waals surface area contributed by atoms with Gasteiger partial charge in [0, 0.05) is 17.0 Å². The van der Waals surface area contributed by atoms with Gasteiger partial charge in [-0.2, -0.15) is 0 Å². The lowest BCUT2D eigenvalue weighted by molar-refractivity contribution is 0.0852. The largest absolute Gasteiger partial charge is 0.497 e. The fourth-order valence-electron chi connectivity index (χ4n) is 2.73. The second-order valence-corrected chi connectivity index (χ2v) is 7.00. The van der Waals surface area contributed by atoms with Gasteiger partial charge in [-0.15, -0.1) is 11.3 Å². The molecule has 7 heteroatoms. The number of carbonyl (C=O) groups is 1. The van der Waals surface area contributed by atoms with E-state index in [9.17, 15) is 9.90 Å². The third-order valence-corrected chi connectivity index (χ3v) is 5.31. The van der Waals surface area contributed by atoms with Crippen LogP contribution in [-0.4, -0.2) is 31.3 Å². The Morgan fingerprint density at radius 3 is 2.67 bits per heavy atom. The van der Waals surface area contributed by atoms with E-state index >= 15 is 0 Å². The maximum atomic E-state index is 12.1. The Morgan fingerprint density at radius 1 is 1.22 bits per heavy atom. The highest BCUT2D eigenvalue weighted by Gasteiger charge is 2.34. The third kappa shape index (κ3) is 4.69. The number of methoxy groups -OCH3 is 1. The monoisotopic (exact) mass is 386 g/mol. The Balaban J connectivity index is 1.52. The molecule has 0 saturated carbocycles. The second-order valence-electron chi connectivity index (χ2n) is 6.06. The number of thiophene rings is 1. The Hall–Kier alpha value is -2.77. The first-order valence-corrected chi connectivity index (χ1v) is 9.43. The fourth-order valence-corrected chi connectivity index (χ4v) is 3.57. The quantitative estimate of drug-likeness (QED) is 0.555. The molecular weight excluding hydrogens is 364 g/mol. The molecule has 0 saturated heterocycles. The minimum atomic E-state index is -1.32. The maximum Gasteiger partial charge on any atom is 0.314 e. The summed E-state index contributed by atoms with van der Waals surface area (Å²) in [6.07, 6.45) is 3.69. The second kappa shape index (κ2) is 8.75. The van der Waals surface area contributed by atoms with Crippen molar-refractivity contribution in [1.29, 1.82) is 0 Å². The van der Waals surface area contributed by atoms with Gasteiger partial charge in [0.15, 0.2) is 0 Å². The maximum absolute atomic E-state index is 12.1. The number of rotatable bonds is 8. The molecule has 0 aliphatic rings. The van der Waals surface area contributed by atoms with Crippen molar-refractivity contribution in [2.75, 3.05) is 20.2 Å². The average molecular weight is 386 g/mol. The molecule has 27 heavy (non-hydrogen) atoms. The van der Waals surface area contributed by atoms with E-state index in [0.29, 0.717) is 18.5 Å². The van der Waals surface area contributed by atoms with Crippen molar-refractivity contribution in [2.24, 2.45) is 0 Å². The van der Waals surface area contributed by atoms with Gasteiger partial charge in [-0.1, -0.05) is 18.2 Å². The Labute approximate surface area is 161 Å². The number of amides is 2. The minimum Gasteiger partial charge on any atom is -0.497 e. The molecule has 2 amide bonds. The molecule has 0 bridgehead atoms. The van der Waals surface area contributed by atoms with Crippen LogP contribution in [0.5, 0.6) is 5.75 Å². The minimum absolute atomic E-state index is 0.0431. The molecule has 2 aromatic heterocycles. The van der Waals surface area contributed by atoms with E-state index in [2.05, 4.69) is 10.6 Å². The number of hydrogen-bond acceptors (Lipinski definition) is 5. The lowest BCUT2D eigenvalue weighted by atomic mass is 9.94. The van der Waals surface area contributed by atoms with Crippen molar-refractivity contribution in [2.45, 2.75) is 12.0 Å². The zero-order chi connectivity index (χ0) is 19.1. The molecule has 0 spiro atoms. The zero-order valence-corrected chi connectivity index (χ0v) is 15.8. The number of carbonyl (C=O) groups excluding carboxylic acids is 1. The lowest BCUT2D eigenvalue weighted by Crippen LogP contribution is -2.45. The first kappa shape index (κ1) is 19.0. The smallest absolute Gasteiger partial charge is 0.314 e. The highest BCUT2D eigenvalue weighted by Crippen LogP contribution is 2.32. The van der Waals surface area contributed by atoms with Crippen molar-refractivity contribution in [3.8, 4) is 5.75 Å². The molecule has 3 aromatic rings. The molecule has 3 rings (SSSR count). The van der Waals surface area contributed by atoms with E-state index in [1.165, 1.54) is 23.9 Å². The van der Waals surface area contributed by atoms with Gasteiger partial charge in [-0.3, -0.25) is 0 Å². The molecule has 0 fully saturated rings. The molecule has 0 aliphatic heterocycles. The summed E-state index contributed by atoms with van der Waals surface area (Å²) >= 11 is 1.42. The van der Waals surface area contributed by atoms with Gasteiger partial charge in [0.1, 0.15) is 11.4 Å². The van der Waals surface area contributed by atoms with E-state index in [0.717, 1.165) is 16.2 Å². The molecule has 2 heterocycles. The molecule has 0 radical (unpaired) electrons. The summed E-state index contributed by atoms with van der Waals surface area (Å²) in [5.41, 5.74) is 0.377. The molecule has 142 valence electrons. The van der Waals surface area contributed by atoms with Gasteiger partial charge in [0.2, 0.25) is 0 Å². The molecule has 3 N–H and O–H groups in total. The van der Waals surface area contributed by atoms with Crippen LogP contribution in [0.3, 0.4) is 0 Å². The van der Waals surface area contributed by atoms with Crippen LogP contribution in [0.15, 0.2) is 64.8 Å².